The topological polar surface area (TPSA) is 62.6 Å². The van der Waals surface area contributed by atoms with Gasteiger partial charge in [0.05, 0.1) is 11.6 Å². The minimum absolute atomic E-state index is 0.273. The maximum absolute atomic E-state index is 12.5. The number of ether oxygens (including phenoxy) is 2. The number of carbonyl (C=O) groups is 1. The van der Waals surface area contributed by atoms with Crippen molar-refractivity contribution in [2.75, 3.05) is 13.1 Å². The summed E-state index contributed by atoms with van der Waals surface area (Å²) in [6.45, 7) is 6.79. The highest BCUT2D eigenvalue weighted by atomic mass is 16.6. The van der Waals surface area contributed by atoms with Crippen LogP contribution in [0.25, 0.3) is 5.57 Å². The number of piperidine rings is 1. The first-order valence-corrected chi connectivity index (χ1v) is 10.3. The highest BCUT2D eigenvalue weighted by molar-refractivity contribution is 5.85. The molecule has 0 saturated carbocycles. The molecule has 5 heteroatoms. The molecule has 2 aliphatic heterocycles. The average Bonchev–Trinajstić information content (AvgIpc) is 2.72. The maximum atomic E-state index is 12.5. The number of nitrogens with zero attached hydrogens (tertiary/aromatic N) is 2. The molecular weight excluding hydrogens is 376 g/mol. The summed E-state index contributed by atoms with van der Waals surface area (Å²) in [5.74, 6) is 0.852. The minimum Gasteiger partial charge on any atom is -0.482 e. The second kappa shape index (κ2) is 7.53. The molecular formula is C25H26N2O3. The standard InChI is InChI=1S/C25H26N2O3/c1-24(2,3)30-23(28)27-14-12-25(13-15-27)16-21(19-10-8-18(17-26)9-11-19)20-6-4-5-7-22(20)29-25/h4-11,16H,12-15H2,1-3H3. The van der Waals surface area contributed by atoms with Crippen LogP contribution in [0.4, 0.5) is 4.79 Å². The summed E-state index contributed by atoms with van der Waals surface area (Å²) in [6, 6.07) is 17.8. The lowest BCUT2D eigenvalue weighted by Gasteiger charge is -2.43. The van der Waals surface area contributed by atoms with Crippen LogP contribution in [-0.4, -0.2) is 35.3 Å². The lowest BCUT2D eigenvalue weighted by atomic mass is 9.83. The first-order chi connectivity index (χ1) is 14.3. The Morgan fingerprint density at radius 1 is 1.10 bits per heavy atom. The molecule has 1 fully saturated rings. The van der Waals surface area contributed by atoms with E-state index in [0.717, 1.165) is 22.4 Å². The molecule has 0 bridgehead atoms. The second-order valence-corrected chi connectivity index (χ2v) is 8.88. The Kier molecular flexibility index (Phi) is 5.03. The smallest absolute Gasteiger partial charge is 0.410 e. The van der Waals surface area contributed by atoms with Gasteiger partial charge in [-0.1, -0.05) is 30.3 Å². The molecule has 2 aromatic rings. The monoisotopic (exact) mass is 402 g/mol. The molecule has 0 unspecified atom stereocenters. The molecule has 2 aromatic carbocycles. The van der Waals surface area contributed by atoms with E-state index in [1.54, 1.807) is 4.90 Å². The molecule has 1 saturated heterocycles. The third kappa shape index (κ3) is 4.04. The lowest BCUT2D eigenvalue weighted by Crippen LogP contribution is -2.50. The minimum atomic E-state index is -0.505. The molecule has 2 aliphatic rings. The number of benzene rings is 2. The Morgan fingerprint density at radius 3 is 2.40 bits per heavy atom. The van der Waals surface area contributed by atoms with Crippen molar-refractivity contribution in [2.45, 2.75) is 44.8 Å². The number of nitriles is 1. The van der Waals surface area contributed by atoms with Crippen molar-refractivity contribution >= 4 is 11.7 Å². The van der Waals surface area contributed by atoms with Gasteiger partial charge in [-0.2, -0.15) is 5.26 Å². The van der Waals surface area contributed by atoms with Gasteiger partial charge in [0, 0.05) is 31.5 Å². The van der Waals surface area contributed by atoms with Crippen LogP contribution in [0.2, 0.25) is 0 Å². The molecule has 0 N–H and O–H groups in total. The predicted molar refractivity (Wildman–Crippen MR) is 115 cm³/mol. The Bertz CT molecular complexity index is 1020. The fraction of sp³-hybridized carbons (Fsp3) is 0.360. The fourth-order valence-electron chi connectivity index (χ4n) is 3.97. The number of rotatable bonds is 1. The molecule has 5 nitrogen and oxygen atoms in total. The van der Waals surface area contributed by atoms with E-state index in [1.807, 2.05) is 63.2 Å². The maximum Gasteiger partial charge on any atom is 0.410 e. The molecule has 154 valence electrons. The van der Waals surface area contributed by atoms with Crippen molar-refractivity contribution in [1.82, 2.24) is 4.90 Å². The number of hydrogen-bond acceptors (Lipinski definition) is 4. The molecule has 30 heavy (non-hydrogen) atoms. The van der Waals surface area contributed by atoms with E-state index < -0.39 is 11.2 Å². The van der Waals surface area contributed by atoms with Gasteiger partial charge in [0.25, 0.3) is 0 Å². The highest BCUT2D eigenvalue weighted by Gasteiger charge is 2.40. The number of para-hydroxylation sites is 1. The molecule has 0 atom stereocenters. The summed E-state index contributed by atoms with van der Waals surface area (Å²) < 4.78 is 12.0. The van der Waals surface area contributed by atoms with Gasteiger partial charge < -0.3 is 14.4 Å². The molecule has 4 rings (SSSR count). The van der Waals surface area contributed by atoms with E-state index in [9.17, 15) is 4.79 Å². The average molecular weight is 402 g/mol. The first kappa shape index (κ1) is 20.0. The van der Waals surface area contributed by atoms with Crippen LogP contribution in [0.1, 0.15) is 50.3 Å². The molecule has 1 spiro atoms. The van der Waals surface area contributed by atoms with E-state index in [4.69, 9.17) is 14.7 Å². The zero-order valence-electron chi connectivity index (χ0n) is 17.6. The Labute approximate surface area is 177 Å². The Morgan fingerprint density at radius 2 is 1.77 bits per heavy atom. The number of amides is 1. The normalized spacial score (nSPS) is 17.4. The number of hydrogen-bond donors (Lipinski definition) is 0. The predicted octanol–water partition coefficient (Wildman–Crippen LogP) is 5.15. The first-order valence-electron chi connectivity index (χ1n) is 10.3. The molecule has 0 aromatic heterocycles. The van der Waals surface area contributed by atoms with Gasteiger partial charge in [0.1, 0.15) is 17.0 Å². The lowest BCUT2D eigenvalue weighted by molar-refractivity contribution is -0.00115. The SMILES string of the molecule is CC(C)(C)OC(=O)N1CCC2(C=C(c3ccc(C#N)cc3)c3ccccc3O2)CC1. The fourth-order valence-corrected chi connectivity index (χ4v) is 3.97. The summed E-state index contributed by atoms with van der Waals surface area (Å²) in [5.41, 5.74) is 2.87. The molecule has 1 amide bonds. The third-order valence-electron chi connectivity index (χ3n) is 5.48. The van der Waals surface area contributed by atoms with Gasteiger partial charge in [-0.3, -0.25) is 0 Å². The van der Waals surface area contributed by atoms with Crippen LogP contribution in [0.3, 0.4) is 0 Å². The number of carbonyl (C=O) groups excluding carboxylic acids is 1. The van der Waals surface area contributed by atoms with Crippen molar-refractivity contribution in [2.24, 2.45) is 0 Å². The van der Waals surface area contributed by atoms with Gasteiger partial charge in [-0.15, -0.1) is 0 Å². The van der Waals surface area contributed by atoms with Crippen LogP contribution in [0, 0.1) is 11.3 Å². The Hall–Kier alpha value is -3.26. The quantitative estimate of drug-likeness (QED) is 0.662. The van der Waals surface area contributed by atoms with Crippen molar-refractivity contribution < 1.29 is 14.3 Å². The summed E-state index contributed by atoms with van der Waals surface area (Å²) >= 11 is 0. The number of fused-ring (bicyclic) bond motifs is 1. The zero-order valence-corrected chi connectivity index (χ0v) is 17.6. The zero-order chi connectivity index (χ0) is 21.4. The summed E-state index contributed by atoms with van der Waals surface area (Å²) in [4.78, 5) is 14.2. The van der Waals surface area contributed by atoms with Gasteiger partial charge in [0.15, 0.2) is 0 Å². The second-order valence-electron chi connectivity index (χ2n) is 8.88. The van der Waals surface area contributed by atoms with Crippen molar-refractivity contribution in [3.63, 3.8) is 0 Å². The summed E-state index contributed by atoms with van der Waals surface area (Å²) in [5, 5.41) is 9.11. The van der Waals surface area contributed by atoms with E-state index in [0.29, 0.717) is 31.5 Å². The van der Waals surface area contributed by atoms with Crippen LogP contribution in [0.5, 0.6) is 5.75 Å². The van der Waals surface area contributed by atoms with Crippen LogP contribution >= 0.6 is 0 Å². The third-order valence-corrected chi connectivity index (χ3v) is 5.48. The van der Waals surface area contributed by atoms with E-state index in [2.05, 4.69) is 18.2 Å². The molecule has 0 aliphatic carbocycles. The van der Waals surface area contributed by atoms with Gasteiger partial charge in [-0.25, -0.2) is 4.79 Å². The van der Waals surface area contributed by atoms with Crippen molar-refractivity contribution in [3.8, 4) is 11.8 Å². The van der Waals surface area contributed by atoms with Crippen LogP contribution in [0.15, 0.2) is 54.6 Å². The molecule has 2 heterocycles. The van der Waals surface area contributed by atoms with Crippen molar-refractivity contribution in [3.05, 3.63) is 71.3 Å². The van der Waals surface area contributed by atoms with Gasteiger partial charge in [-0.05, 0) is 56.2 Å². The highest BCUT2D eigenvalue weighted by Crippen LogP contribution is 2.43. The van der Waals surface area contributed by atoms with Gasteiger partial charge in [0.2, 0.25) is 0 Å². The van der Waals surface area contributed by atoms with Gasteiger partial charge >= 0.3 is 6.09 Å². The largest absolute Gasteiger partial charge is 0.482 e. The van der Waals surface area contributed by atoms with Crippen molar-refractivity contribution in [1.29, 1.82) is 5.26 Å². The van der Waals surface area contributed by atoms with E-state index >= 15 is 0 Å². The molecule has 0 radical (unpaired) electrons. The summed E-state index contributed by atoms with van der Waals surface area (Å²) in [6.07, 6.45) is 3.31. The number of likely N-dealkylation sites (tertiary alicyclic amines) is 1. The van der Waals surface area contributed by atoms with Crippen LogP contribution in [-0.2, 0) is 4.74 Å². The van der Waals surface area contributed by atoms with E-state index in [-0.39, 0.29) is 6.09 Å². The van der Waals surface area contributed by atoms with E-state index in [1.165, 1.54) is 0 Å². The Balaban J connectivity index is 1.62. The van der Waals surface area contributed by atoms with Crippen LogP contribution < -0.4 is 4.74 Å². The summed E-state index contributed by atoms with van der Waals surface area (Å²) in [7, 11) is 0.